The third kappa shape index (κ3) is 2.26. The zero-order valence-electron chi connectivity index (χ0n) is 10.4. The molecule has 0 aliphatic rings. The lowest BCUT2D eigenvalue weighted by atomic mass is 10.2. The number of benzene rings is 1. The number of rotatable bonds is 3. The maximum atomic E-state index is 13.8. The van der Waals surface area contributed by atoms with Crippen LogP contribution in [0.15, 0.2) is 18.2 Å². The first-order valence-electron chi connectivity index (χ1n) is 5.70. The molecule has 0 bridgehead atoms. The molecule has 1 aromatic carbocycles. The topological polar surface area (TPSA) is 43.8 Å². The van der Waals surface area contributed by atoms with Crippen LogP contribution in [0, 0.1) is 19.7 Å². The fourth-order valence-electron chi connectivity index (χ4n) is 2.02. The van der Waals surface area contributed by atoms with Crippen molar-refractivity contribution in [3.05, 3.63) is 51.6 Å². The van der Waals surface area contributed by atoms with Crippen molar-refractivity contribution in [2.24, 2.45) is 5.73 Å². The van der Waals surface area contributed by atoms with Crippen LogP contribution >= 0.6 is 11.6 Å². The van der Waals surface area contributed by atoms with Crippen LogP contribution in [0.2, 0.25) is 5.02 Å². The Bertz CT molecular complexity index is 578. The monoisotopic (exact) mass is 267 g/mol. The Kier molecular flexibility index (Phi) is 3.68. The quantitative estimate of drug-likeness (QED) is 0.929. The van der Waals surface area contributed by atoms with Crippen LogP contribution < -0.4 is 5.73 Å². The van der Waals surface area contributed by atoms with Crippen molar-refractivity contribution in [1.82, 2.24) is 9.78 Å². The SMILES string of the molecule is Cc1nn(Cc2cccc(Cl)c2F)c(C)c1CN. The van der Waals surface area contributed by atoms with E-state index in [0.717, 1.165) is 17.0 Å². The highest BCUT2D eigenvalue weighted by molar-refractivity contribution is 6.30. The van der Waals surface area contributed by atoms with Gasteiger partial charge in [-0.25, -0.2) is 4.39 Å². The lowest BCUT2D eigenvalue weighted by Crippen LogP contribution is -2.07. The molecule has 5 heteroatoms. The van der Waals surface area contributed by atoms with E-state index in [0.29, 0.717) is 18.7 Å². The summed E-state index contributed by atoms with van der Waals surface area (Å²) in [5.74, 6) is -0.388. The van der Waals surface area contributed by atoms with E-state index in [4.69, 9.17) is 17.3 Å². The summed E-state index contributed by atoms with van der Waals surface area (Å²) < 4.78 is 15.6. The lowest BCUT2D eigenvalue weighted by molar-refractivity contribution is 0.579. The van der Waals surface area contributed by atoms with Crippen molar-refractivity contribution in [2.75, 3.05) is 0 Å². The first-order valence-corrected chi connectivity index (χ1v) is 6.08. The van der Waals surface area contributed by atoms with Crippen LogP contribution in [0.4, 0.5) is 4.39 Å². The van der Waals surface area contributed by atoms with E-state index < -0.39 is 0 Å². The maximum Gasteiger partial charge on any atom is 0.146 e. The molecule has 0 saturated carbocycles. The van der Waals surface area contributed by atoms with E-state index in [-0.39, 0.29) is 10.8 Å². The van der Waals surface area contributed by atoms with Crippen LogP contribution in [0.25, 0.3) is 0 Å². The van der Waals surface area contributed by atoms with Gasteiger partial charge in [0.15, 0.2) is 0 Å². The number of aryl methyl sites for hydroxylation is 1. The van der Waals surface area contributed by atoms with E-state index in [1.807, 2.05) is 13.8 Å². The Morgan fingerprint density at radius 3 is 2.72 bits per heavy atom. The van der Waals surface area contributed by atoms with E-state index >= 15 is 0 Å². The van der Waals surface area contributed by atoms with Gasteiger partial charge in [-0.3, -0.25) is 4.68 Å². The molecule has 0 saturated heterocycles. The Balaban J connectivity index is 2.37. The molecule has 0 radical (unpaired) electrons. The molecule has 1 aromatic heterocycles. The van der Waals surface area contributed by atoms with Crippen molar-refractivity contribution in [2.45, 2.75) is 26.9 Å². The van der Waals surface area contributed by atoms with Crippen LogP contribution in [-0.2, 0) is 13.1 Å². The second-order valence-electron chi connectivity index (χ2n) is 4.22. The molecule has 0 amide bonds. The first kappa shape index (κ1) is 13.1. The predicted octanol–water partition coefficient (Wildman–Crippen LogP) is 2.80. The van der Waals surface area contributed by atoms with Gasteiger partial charge >= 0.3 is 0 Å². The zero-order valence-corrected chi connectivity index (χ0v) is 11.1. The molecule has 2 aromatic rings. The average Bonchev–Trinajstić information content (AvgIpc) is 2.60. The van der Waals surface area contributed by atoms with Gasteiger partial charge in [-0.05, 0) is 19.9 Å². The van der Waals surface area contributed by atoms with Crippen molar-refractivity contribution in [1.29, 1.82) is 0 Å². The second-order valence-corrected chi connectivity index (χ2v) is 4.63. The molecule has 0 fully saturated rings. The number of nitrogens with zero attached hydrogens (tertiary/aromatic N) is 2. The minimum absolute atomic E-state index is 0.132. The van der Waals surface area contributed by atoms with Crippen LogP contribution in [0.5, 0.6) is 0 Å². The van der Waals surface area contributed by atoms with E-state index in [2.05, 4.69) is 5.10 Å². The molecule has 1 heterocycles. The Hall–Kier alpha value is -1.39. The molecule has 2 rings (SSSR count). The molecule has 0 unspecified atom stereocenters. The summed E-state index contributed by atoms with van der Waals surface area (Å²) in [5.41, 5.74) is 9.05. The molecule has 18 heavy (non-hydrogen) atoms. The molecule has 96 valence electrons. The summed E-state index contributed by atoms with van der Waals surface area (Å²) in [6, 6.07) is 4.98. The molecule has 0 atom stereocenters. The smallest absolute Gasteiger partial charge is 0.146 e. The Morgan fingerprint density at radius 1 is 1.39 bits per heavy atom. The van der Waals surface area contributed by atoms with E-state index in [9.17, 15) is 4.39 Å². The summed E-state index contributed by atoms with van der Waals surface area (Å²) in [7, 11) is 0. The van der Waals surface area contributed by atoms with Crippen LogP contribution in [0.1, 0.15) is 22.5 Å². The fraction of sp³-hybridized carbons (Fsp3) is 0.308. The normalized spacial score (nSPS) is 10.9. The van der Waals surface area contributed by atoms with E-state index in [1.54, 1.807) is 16.8 Å². The molecule has 2 N–H and O–H groups in total. The third-order valence-corrected chi connectivity index (χ3v) is 3.38. The number of hydrogen-bond acceptors (Lipinski definition) is 2. The van der Waals surface area contributed by atoms with Gasteiger partial charge in [-0.2, -0.15) is 5.10 Å². The highest BCUT2D eigenvalue weighted by Crippen LogP contribution is 2.20. The van der Waals surface area contributed by atoms with Crippen LogP contribution in [-0.4, -0.2) is 9.78 Å². The summed E-state index contributed by atoms with van der Waals surface area (Å²) in [6.45, 7) is 4.64. The summed E-state index contributed by atoms with van der Waals surface area (Å²) >= 11 is 5.76. The van der Waals surface area contributed by atoms with Crippen molar-refractivity contribution in [3.8, 4) is 0 Å². The number of hydrogen-bond donors (Lipinski definition) is 1. The van der Waals surface area contributed by atoms with Gasteiger partial charge in [-0.1, -0.05) is 23.7 Å². The molecular formula is C13H15ClFN3. The van der Waals surface area contributed by atoms with Gasteiger partial charge in [-0.15, -0.1) is 0 Å². The van der Waals surface area contributed by atoms with Gasteiger partial charge in [0.25, 0.3) is 0 Å². The number of nitrogens with two attached hydrogens (primary N) is 1. The van der Waals surface area contributed by atoms with Gasteiger partial charge in [0.05, 0.1) is 17.3 Å². The predicted molar refractivity (Wildman–Crippen MR) is 70.1 cm³/mol. The summed E-state index contributed by atoms with van der Waals surface area (Å²) in [5, 5.41) is 4.51. The van der Waals surface area contributed by atoms with Crippen molar-refractivity contribution < 1.29 is 4.39 Å². The first-order chi connectivity index (χ1) is 8.54. The molecular weight excluding hydrogens is 253 g/mol. The maximum absolute atomic E-state index is 13.8. The molecule has 0 aliphatic heterocycles. The highest BCUT2D eigenvalue weighted by Gasteiger charge is 2.12. The third-order valence-electron chi connectivity index (χ3n) is 3.09. The Labute approximate surface area is 110 Å². The number of aromatic nitrogens is 2. The van der Waals surface area contributed by atoms with Crippen LogP contribution in [0.3, 0.4) is 0 Å². The summed E-state index contributed by atoms with van der Waals surface area (Å²) in [6.07, 6.45) is 0. The number of halogens is 2. The highest BCUT2D eigenvalue weighted by atomic mass is 35.5. The Morgan fingerprint density at radius 2 is 2.11 bits per heavy atom. The summed E-state index contributed by atoms with van der Waals surface area (Å²) in [4.78, 5) is 0. The van der Waals surface area contributed by atoms with Gasteiger partial charge in [0.1, 0.15) is 5.82 Å². The standard InChI is InChI=1S/C13H15ClFN3/c1-8-11(6-16)9(2)18(17-8)7-10-4-3-5-12(14)13(10)15/h3-5H,6-7,16H2,1-2H3. The van der Waals surface area contributed by atoms with Crippen molar-refractivity contribution >= 4 is 11.6 Å². The van der Waals surface area contributed by atoms with E-state index in [1.165, 1.54) is 6.07 Å². The van der Waals surface area contributed by atoms with Gasteiger partial charge < -0.3 is 5.73 Å². The molecule has 0 spiro atoms. The largest absolute Gasteiger partial charge is 0.326 e. The molecule has 3 nitrogen and oxygen atoms in total. The lowest BCUT2D eigenvalue weighted by Gasteiger charge is -2.07. The van der Waals surface area contributed by atoms with Crippen molar-refractivity contribution in [3.63, 3.8) is 0 Å². The minimum atomic E-state index is -0.388. The minimum Gasteiger partial charge on any atom is -0.326 e. The zero-order chi connectivity index (χ0) is 13.3. The van der Waals surface area contributed by atoms with Gasteiger partial charge in [0.2, 0.25) is 0 Å². The second kappa shape index (κ2) is 5.08. The fourth-order valence-corrected chi connectivity index (χ4v) is 2.21. The average molecular weight is 268 g/mol. The van der Waals surface area contributed by atoms with Gasteiger partial charge in [0, 0.05) is 23.4 Å². The molecule has 0 aliphatic carbocycles.